The summed E-state index contributed by atoms with van der Waals surface area (Å²) < 4.78 is 39.8. The Morgan fingerprint density at radius 2 is 2.05 bits per heavy atom. The molecule has 0 bridgehead atoms. The van der Waals surface area contributed by atoms with Gasteiger partial charge in [0.2, 0.25) is 0 Å². The minimum Gasteiger partial charge on any atom is -0.371 e. The van der Waals surface area contributed by atoms with E-state index < -0.39 is 11.9 Å². The molecule has 2 aromatic heterocycles. The summed E-state index contributed by atoms with van der Waals surface area (Å²) in [7, 11) is 0. The van der Waals surface area contributed by atoms with Gasteiger partial charge in [0, 0.05) is 49.8 Å². The van der Waals surface area contributed by atoms with E-state index >= 15 is 0 Å². The van der Waals surface area contributed by atoms with E-state index in [-0.39, 0.29) is 0 Å². The van der Waals surface area contributed by atoms with Gasteiger partial charge in [-0.2, -0.15) is 13.2 Å². The lowest BCUT2D eigenvalue weighted by Gasteiger charge is -2.41. The summed E-state index contributed by atoms with van der Waals surface area (Å²) in [4.78, 5) is 9.26. The molecule has 106 valence electrons. The SMILES string of the molecule is FC(F)(F)c1cc(N2CC(Cn3ccnc3)C2)ccn1. The van der Waals surface area contributed by atoms with Crippen LogP contribution >= 0.6 is 0 Å². The fraction of sp³-hybridized carbons (Fsp3) is 0.385. The average molecular weight is 282 g/mol. The largest absolute Gasteiger partial charge is 0.433 e. The van der Waals surface area contributed by atoms with E-state index in [1.54, 1.807) is 18.6 Å². The van der Waals surface area contributed by atoms with Crippen LogP contribution in [0.25, 0.3) is 0 Å². The highest BCUT2D eigenvalue weighted by Crippen LogP contribution is 2.32. The molecular weight excluding hydrogens is 269 g/mol. The van der Waals surface area contributed by atoms with Crippen molar-refractivity contribution in [3.8, 4) is 0 Å². The molecule has 0 saturated carbocycles. The van der Waals surface area contributed by atoms with Crippen molar-refractivity contribution in [1.82, 2.24) is 14.5 Å². The Bertz CT molecular complexity index is 574. The molecule has 0 atom stereocenters. The van der Waals surface area contributed by atoms with Crippen LogP contribution in [0, 0.1) is 5.92 Å². The second kappa shape index (κ2) is 4.81. The summed E-state index contributed by atoms with van der Waals surface area (Å²) in [6.45, 7) is 2.34. The Morgan fingerprint density at radius 1 is 1.25 bits per heavy atom. The Balaban J connectivity index is 1.62. The number of hydrogen-bond donors (Lipinski definition) is 0. The van der Waals surface area contributed by atoms with Crippen molar-refractivity contribution in [2.45, 2.75) is 12.7 Å². The van der Waals surface area contributed by atoms with E-state index in [0.29, 0.717) is 11.6 Å². The number of alkyl halides is 3. The molecule has 3 heterocycles. The molecule has 0 aliphatic carbocycles. The zero-order valence-corrected chi connectivity index (χ0v) is 10.6. The summed E-state index contributed by atoms with van der Waals surface area (Å²) in [5.41, 5.74) is -0.262. The number of pyridine rings is 1. The first-order valence-electron chi connectivity index (χ1n) is 6.26. The number of anilines is 1. The van der Waals surface area contributed by atoms with Gasteiger partial charge in [0.25, 0.3) is 0 Å². The maximum Gasteiger partial charge on any atom is 0.433 e. The second-order valence-corrected chi connectivity index (χ2v) is 4.93. The van der Waals surface area contributed by atoms with Gasteiger partial charge < -0.3 is 9.47 Å². The molecule has 4 nitrogen and oxygen atoms in total. The first kappa shape index (κ1) is 13.0. The minimum absolute atomic E-state index is 0.437. The van der Waals surface area contributed by atoms with Crippen LogP contribution in [-0.4, -0.2) is 27.6 Å². The normalized spacial score (nSPS) is 16.2. The van der Waals surface area contributed by atoms with Gasteiger partial charge in [-0.05, 0) is 12.1 Å². The van der Waals surface area contributed by atoms with Gasteiger partial charge in [-0.15, -0.1) is 0 Å². The Hall–Kier alpha value is -2.05. The topological polar surface area (TPSA) is 34.0 Å². The fourth-order valence-corrected chi connectivity index (χ4v) is 2.36. The van der Waals surface area contributed by atoms with Crippen LogP contribution in [-0.2, 0) is 12.7 Å². The van der Waals surface area contributed by atoms with Gasteiger partial charge in [0.1, 0.15) is 5.69 Å². The van der Waals surface area contributed by atoms with Crippen molar-refractivity contribution in [2.75, 3.05) is 18.0 Å². The van der Waals surface area contributed by atoms with E-state index in [2.05, 4.69) is 9.97 Å². The van der Waals surface area contributed by atoms with Gasteiger partial charge in [0.05, 0.1) is 6.33 Å². The Morgan fingerprint density at radius 3 is 2.70 bits per heavy atom. The molecule has 0 aromatic carbocycles. The van der Waals surface area contributed by atoms with Crippen LogP contribution in [0.15, 0.2) is 37.1 Å². The predicted molar refractivity (Wildman–Crippen MR) is 67.2 cm³/mol. The van der Waals surface area contributed by atoms with Crippen LogP contribution in [0.4, 0.5) is 18.9 Å². The third-order valence-corrected chi connectivity index (χ3v) is 3.38. The first-order valence-corrected chi connectivity index (χ1v) is 6.26. The number of aromatic nitrogens is 3. The molecule has 1 saturated heterocycles. The molecule has 2 aromatic rings. The van der Waals surface area contributed by atoms with E-state index in [9.17, 15) is 13.2 Å². The molecule has 0 unspecified atom stereocenters. The zero-order valence-electron chi connectivity index (χ0n) is 10.6. The lowest BCUT2D eigenvalue weighted by Crippen LogP contribution is -2.48. The van der Waals surface area contributed by atoms with Gasteiger partial charge in [0.15, 0.2) is 0 Å². The third-order valence-electron chi connectivity index (χ3n) is 3.38. The van der Waals surface area contributed by atoms with Crippen molar-refractivity contribution in [2.24, 2.45) is 5.92 Å². The molecular formula is C13H13F3N4. The van der Waals surface area contributed by atoms with Crippen LogP contribution in [0.2, 0.25) is 0 Å². The van der Waals surface area contributed by atoms with E-state index in [1.165, 1.54) is 6.20 Å². The van der Waals surface area contributed by atoms with Crippen LogP contribution < -0.4 is 4.90 Å². The first-order chi connectivity index (χ1) is 9.52. The van der Waals surface area contributed by atoms with E-state index in [4.69, 9.17) is 0 Å². The van der Waals surface area contributed by atoms with Crippen molar-refractivity contribution >= 4 is 5.69 Å². The summed E-state index contributed by atoms with van der Waals surface area (Å²) in [6, 6.07) is 2.72. The Kier molecular flexibility index (Phi) is 3.11. The van der Waals surface area contributed by atoms with Crippen molar-refractivity contribution in [1.29, 1.82) is 0 Å². The second-order valence-electron chi connectivity index (χ2n) is 4.93. The number of imidazole rings is 1. The van der Waals surface area contributed by atoms with Crippen molar-refractivity contribution in [3.05, 3.63) is 42.7 Å². The van der Waals surface area contributed by atoms with Crippen LogP contribution in [0.1, 0.15) is 5.69 Å². The molecule has 1 aliphatic rings. The molecule has 20 heavy (non-hydrogen) atoms. The summed E-state index contributed by atoms with van der Waals surface area (Å²) in [5, 5.41) is 0. The molecule has 1 fully saturated rings. The van der Waals surface area contributed by atoms with Gasteiger partial charge in [-0.25, -0.2) is 4.98 Å². The minimum atomic E-state index is -4.39. The molecule has 0 radical (unpaired) electrons. The number of nitrogens with zero attached hydrogens (tertiary/aromatic N) is 4. The molecule has 7 heteroatoms. The molecule has 1 aliphatic heterocycles. The lowest BCUT2D eigenvalue weighted by molar-refractivity contribution is -0.141. The number of hydrogen-bond acceptors (Lipinski definition) is 3. The molecule has 0 spiro atoms. The quantitative estimate of drug-likeness (QED) is 0.867. The smallest absolute Gasteiger partial charge is 0.371 e. The van der Waals surface area contributed by atoms with Gasteiger partial charge >= 0.3 is 6.18 Å². The maximum atomic E-state index is 12.6. The predicted octanol–water partition coefficient (Wildman–Crippen LogP) is 2.43. The number of halogens is 3. The molecule has 0 amide bonds. The summed E-state index contributed by atoms with van der Waals surface area (Å²) in [6.07, 6.45) is 2.17. The summed E-state index contributed by atoms with van der Waals surface area (Å²) >= 11 is 0. The zero-order chi connectivity index (χ0) is 14.2. The van der Waals surface area contributed by atoms with E-state index in [1.807, 2.05) is 15.7 Å². The molecule has 3 rings (SSSR count). The third kappa shape index (κ3) is 2.61. The maximum absolute atomic E-state index is 12.6. The van der Waals surface area contributed by atoms with Gasteiger partial charge in [-0.3, -0.25) is 4.98 Å². The number of rotatable bonds is 3. The fourth-order valence-electron chi connectivity index (χ4n) is 2.36. The standard InChI is InChI=1S/C13H13F3N4/c14-13(15,16)12-5-11(1-2-18-12)20-7-10(8-20)6-19-4-3-17-9-19/h1-5,9-10H,6-8H2. The monoisotopic (exact) mass is 282 g/mol. The highest BCUT2D eigenvalue weighted by molar-refractivity contribution is 5.49. The highest BCUT2D eigenvalue weighted by atomic mass is 19.4. The average Bonchev–Trinajstić information content (AvgIpc) is 2.85. The molecule has 0 N–H and O–H groups in total. The van der Waals surface area contributed by atoms with Crippen molar-refractivity contribution < 1.29 is 13.2 Å². The Labute approximate surface area is 113 Å². The van der Waals surface area contributed by atoms with Crippen LogP contribution in [0.5, 0.6) is 0 Å². The van der Waals surface area contributed by atoms with Gasteiger partial charge in [-0.1, -0.05) is 0 Å². The lowest BCUT2D eigenvalue weighted by atomic mass is 9.99. The van der Waals surface area contributed by atoms with Crippen molar-refractivity contribution in [3.63, 3.8) is 0 Å². The highest BCUT2D eigenvalue weighted by Gasteiger charge is 2.34. The van der Waals surface area contributed by atoms with Crippen LogP contribution in [0.3, 0.4) is 0 Å². The van der Waals surface area contributed by atoms with E-state index in [0.717, 1.165) is 25.7 Å². The summed E-state index contributed by atoms with van der Waals surface area (Å²) in [5.74, 6) is 0.437.